The van der Waals surface area contributed by atoms with Crippen LogP contribution in [0, 0.1) is 23.7 Å². The van der Waals surface area contributed by atoms with Crippen molar-refractivity contribution in [1.29, 1.82) is 0 Å². The minimum absolute atomic E-state index is 0.0250. The van der Waals surface area contributed by atoms with Crippen LogP contribution in [0.2, 0.25) is 0 Å². The van der Waals surface area contributed by atoms with Gasteiger partial charge in [0.15, 0.2) is 0 Å². The third-order valence-corrected chi connectivity index (χ3v) is 13.9. The van der Waals surface area contributed by atoms with Gasteiger partial charge in [-0.25, -0.2) is 4.79 Å². The van der Waals surface area contributed by atoms with Gasteiger partial charge < -0.3 is 69.1 Å². The molecular formula is C54H87N11O14S. The molecule has 0 saturated carbocycles. The standard InChI is InChI=1S/C54H87N11O14S/c1-10-32(8)45(64-46(70)34(55)20-22-80-9)52(76)62-39(27-44(68)69)53(77)65-21-14-17-41(65)51(75)61-38(26-33-15-12-11-13-16-33)50(74)59-35(18-19-42(56)66)48(72)60-36(23-29(2)3)47(71)57-28-43(67)58-37(24-30(4)5)49(73)63-40(54(78)79)25-31(6)7/h11-13,15-16,29-32,34-41,45H,10,14,17-28,55H2,1-9H3,(H2,56,66)(H,57,71)(H,58,67)(H,59,74)(H,60,72)(H,61,75)(H,62,76)(H,63,73)(H,64,70)(H,68,69)(H,78,79)/t32-,34-,35-,36-,37-,38-,39-,40-,41-,45-/m0/s1. The smallest absolute Gasteiger partial charge is 0.326 e. The van der Waals surface area contributed by atoms with Crippen LogP contribution in [0.5, 0.6) is 0 Å². The normalized spacial score (nSPS) is 16.6. The zero-order chi connectivity index (χ0) is 60.4. The number of hydrogen-bond donors (Lipinski definition) is 12. The molecule has 26 heteroatoms. The SMILES string of the molecule is CC[C@H](C)[C@H](NC(=O)[C@@H](N)CCSC)C(=O)N[C@@H](CC(=O)O)C(=O)N1CCC[C@H]1C(=O)N[C@@H](Cc1ccccc1)C(=O)N[C@@H](CCC(N)=O)C(=O)N[C@@H](CC(C)C)C(=O)NCC(=O)N[C@@H](CC(C)C)C(=O)N[C@@H](CC(C)C)C(=O)O. The third kappa shape index (κ3) is 24.7. The van der Waals surface area contributed by atoms with Gasteiger partial charge in [-0.05, 0) is 86.2 Å². The molecule has 1 fully saturated rings. The molecule has 0 spiro atoms. The van der Waals surface area contributed by atoms with Crippen LogP contribution in [0.3, 0.4) is 0 Å². The van der Waals surface area contributed by atoms with E-state index in [9.17, 15) is 67.7 Å². The highest BCUT2D eigenvalue weighted by molar-refractivity contribution is 7.98. The molecule has 1 aliphatic heterocycles. The molecule has 448 valence electrons. The number of carbonyl (C=O) groups excluding carboxylic acids is 10. The van der Waals surface area contributed by atoms with Crippen molar-refractivity contribution in [1.82, 2.24) is 47.4 Å². The van der Waals surface area contributed by atoms with Crippen LogP contribution in [-0.4, -0.2) is 166 Å². The molecule has 80 heavy (non-hydrogen) atoms. The highest BCUT2D eigenvalue weighted by Crippen LogP contribution is 2.21. The lowest BCUT2D eigenvalue weighted by Crippen LogP contribution is -2.60. The summed E-state index contributed by atoms with van der Waals surface area (Å²) in [6, 6.07) is -3.22. The monoisotopic (exact) mass is 1150 g/mol. The van der Waals surface area contributed by atoms with E-state index in [1.807, 2.05) is 6.26 Å². The van der Waals surface area contributed by atoms with Crippen molar-refractivity contribution in [3.05, 3.63) is 35.9 Å². The lowest BCUT2D eigenvalue weighted by molar-refractivity contribution is -0.146. The van der Waals surface area contributed by atoms with Crippen molar-refractivity contribution in [2.75, 3.05) is 25.1 Å². The molecule has 14 N–H and O–H groups in total. The van der Waals surface area contributed by atoms with Crippen LogP contribution in [-0.2, 0) is 64.0 Å². The van der Waals surface area contributed by atoms with Gasteiger partial charge >= 0.3 is 11.9 Å². The summed E-state index contributed by atoms with van der Waals surface area (Å²) in [6.45, 7) is 13.5. The number of rotatable bonds is 36. The summed E-state index contributed by atoms with van der Waals surface area (Å²) >= 11 is 1.48. The Labute approximate surface area is 472 Å². The minimum Gasteiger partial charge on any atom is -0.481 e. The largest absolute Gasteiger partial charge is 0.481 e. The van der Waals surface area contributed by atoms with Crippen LogP contribution < -0.4 is 54.0 Å². The minimum atomic E-state index is -1.68. The number of nitrogens with one attached hydrogen (secondary N) is 8. The number of hydrogen-bond acceptors (Lipinski definition) is 14. The zero-order valence-electron chi connectivity index (χ0n) is 47.6. The van der Waals surface area contributed by atoms with Gasteiger partial charge in [-0.3, -0.25) is 52.7 Å². The molecule has 0 aromatic heterocycles. The van der Waals surface area contributed by atoms with Crippen molar-refractivity contribution < 1.29 is 67.7 Å². The van der Waals surface area contributed by atoms with E-state index in [0.717, 1.165) is 4.90 Å². The maximum atomic E-state index is 14.4. The van der Waals surface area contributed by atoms with Gasteiger partial charge in [-0.1, -0.05) is 92.1 Å². The second kappa shape index (κ2) is 35.0. The molecule has 0 bridgehead atoms. The number of thioether (sulfide) groups is 1. The summed E-state index contributed by atoms with van der Waals surface area (Å²) < 4.78 is 0. The van der Waals surface area contributed by atoms with Gasteiger partial charge in [0.2, 0.25) is 59.1 Å². The Bertz CT molecular complexity index is 2290. The lowest BCUT2D eigenvalue weighted by atomic mass is 9.97. The first kappa shape index (κ1) is 69.3. The molecule has 0 unspecified atom stereocenters. The molecule has 1 aromatic carbocycles. The first-order chi connectivity index (χ1) is 37.6. The van der Waals surface area contributed by atoms with Gasteiger partial charge in [0.1, 0.15) is 48.3 Å². The van der Waals surface area contributed by atoms with Crippen LogP contribution in [0.4, 0.5) is 0 Å². The predicted molar refractivity (Wildman–Crippen MR) is 299 cm³/mol. The third-order valence-electron chi connectivity index (χ3n) is 13.3. The molecule has 0 radical (unpaired) electrons. The number of nitrogens with two attached hydrogens (primary N) is 2. The van der Waals surface area contributed by atoms with Gasteiger partial charge in [0, 0.05) is 19.4 Å². The quantitative estimate of drug-likeness (QED) is 0.0415. The van der Waals surface area contributed by atoms with E-state index in [2.05, 4.69) is 42.5 Å². The second-order valence-electron chi connectivity index (χ2n) is 21.6. The molecular weight excluding hydrogens is 1060 g/mol. The van der Waals surface area contributed by atoms with E-state index in [1.54, 1.807) is 85.7 Å². The van der Waals surface area contributed by atoms with Crippen molar-refractivity contribution in [3.63, 3.8) is 0 Å². The van der Waals surface area contributed by atoms with E-state index in [-0.39, 0.29) is 69.2 Å². The number of amides is 10. The number of carboxylic acid groups (broad SMARTS) is 2. The van der Waals surface area contributed by atoms with E-state index >= 15 is 0 Å². The number of likely N-dealkylation sites (tertiary alicyclic amines) is 1. The number of nitrogens with zero attached hydrogens (tertiary/aromatic N) is 1. The number of aliphatic carboxylic acids is 2. The number of carbonyl (C=O) groups is 12. The number of carboxylic acids is 2. The van der Waals surface area contributed by atoms with E-state index in [0.29, 0.717) is 24.2 Å². The lowest BCUT2D eigenvalue weighted by Gasteiger charge is -2.31. The van der Waals surface area contributed by atoms with E-state index in [1.165, 1.54) is 11.8 Å². The van der Waals surface area contributed by atoms with Crippen LogP contribution in [0.25, 0.3) is 0 Å². The van der Waals surface area contributed by atoms with Crippen LogP contribution in [0.1, 0.15) is 125 Å². The Kier molecular flexibility index (Phi) is 30.3. The molecule has 0 aliphatic carbocycles. The highest BCUT2D eigenvalue weighted by atomic mass is 32.2. The fourth-order valence-electron chi connectivity index (χ4n) is 8.81. The second-order valence-corrected chi connectivity index (χ2v) is 22.6. The summed E-state index contributed by atoms with van der Waals surface area (Å²) in [4.78, 5) is 161. The topological polar surface area (TPSA) is 397 Å². The molecule has 1 aliphatic rings. The summed E-state index contributed by atoms with van der Waals surface area (Å²) in [7, 11) is 0. The van der Waals surface area contributed by atoms with Crippen molar-refractivity contribution >= 4 is 82.8 Å². The maximum absolute atomic E-state index is 14.4. The molecule has 10 amide bonds. The van der Waals surface area contributed by atoms with E-state index in [4.69, 9.17) is 11.5 Å². The summed E-state index contributed by atoms with van der Waals surface area (Å²) in [5, 5.41) is 40.1. The fourth-order valence-corrected chi connectivity index (χ4v) is 9.30. The molecule has 1 heterocycles. The van der Waals surface area contributed by atoms with Gasteiger partial charge in [0.25, 0.3) is 0 Å². The molecule has 1 saturated heterocycles. The molecule has 10 atom stereocenters. The maximum Gasteiger partial charge on any atom is 0.326 e. The number of benzene rings is 1. The Morgan fingerprint density at radius 2 is 1.19 bits per heavy atom. The Morgan fingerprint density at radius 1 is 0.650 bits per heavy atom. The van der Waals surface area contributed by atoms with Gasteiger partial charge in [-0.2, -0.15) is 11.8 Å². The number of primary amides is 1. The Hall–Kier alpha value is -6.83. The van der Waals surface area contributed by atoms with Crippen LogP contribution >= 0.6 is 11.8 Å². The Balaban J connectivity index is 2.39. The average Bonchev–Trinajstić information content (AvgIpc) is 3.88. The van der Waals surface area contributed by atoms with Gasteiger partial charge in [-0.15, -0.1) is 0 Å². The first-order valence-corrected chi connectivity index (χ1v) is 28.7. The molecule has 25 nitrogen and oxygen atoms in total. The summed E-state index contributed by atoms with van der Waals surface area (Å²) in [5.41, 5.74) is 12.1. The fraction of sp³-hybridized carbons (Fsp3) is 0.667. The average molecular weight is 1150 g/mol. The first-order valence-electron chi connectivity index (χ1n) is 27.3. The molecule has 2 rings (SSSR count). The van der Waals surface area contributed by atoms with E-state index < -0.39 is 151 Å². The Morgan fingerprint density at radius 3 is 1.74 bits per heavy atom. The summed E-state index contributed by atoms with van der Waals surface area (Å²) in [5.74, 6) is -11.1. The molecule has 1 aromatic rings. The summed E-state index contributed by atoms with van der Waals surface area (Å²) in [6.07, 6.45) is 1.49. The zero-order valence-corrected chi connectivity index (χ0v) is 48.4. The highest BCUT2D eigenvalue weighted by Gasteiger charge is 2.41. The van der Waals surface area contributed by atoms with Crippen molar-refractivity contribution in [2.45, 2.75) is 180 Å². The van der Waals surface area contributed by atoms with Crippen molar-refractivity contribution in [3.8, 4) is 0 Å². The predicted octanol–water partition coefficient (Wildman–Crippen LogP) is -0.181. The van der Waals surface area contributed by atoms with Gasteiger partial charge in [0.05, 0.1) is 19.0 Å². The van der Waals surface area contributed by atoms with Crippen molar-refractivity contribution in [2.24, 2.45) is 35.1 Å². The van der Waals surface area contributed by atoms with Crippen LogP contribution in [0.15, 0.2) is 30.3 Å².